The molecule has 1 unspecified atom stereocenters. The van der Waals surface area contributed by atoms with Crippen molar-refractivity contribution in [2.45, 2.75) is 32.6 Å². The topological polar surface area (TPSA) is 88.2 Å². The van der Waals surface area contributed by atoms with Gasteiger partial charge in [0.2, 0.25) is 11.8 Å². The van der Waals surface area contributed by atoms with Crippen LogP contribution in [0.3, 0.4) is 0 Å². The van der Waals surface area contributed by atoms with Crippen LogP contribution in [-0.4, -0.2) is 36.3 Å². The zero-order valence-corrected chi connectivity index (χ0v) is 14.4. The maximum atomic E-state index is 12.7. The van der Waals surface area contributed by atoms with E-state index in [2.05, 4.69) is 6.92 Å². The number of hydrogen-bond acceptors (Lipinski definition) is 4. The van der Waals surface area contributed by atoms with Crippen LogP contribution in [0.5, 0.6) is 0 Å². The molecule has 1 heterocycles. The molecule has 1 fully saturated rings. The van der Waals surface area contributed by atoms with Crippen molar-refractivity contribution in [2.75, 3.05) is 24.5 Å². The number of carbonyl (C=O) groups is 2. The molecule has 0 aliphatic carbocycles. The number of nitriles is 2. The van der Waals surface area contributed by atoms with E-state index in [1.807, 2.05) is 36.4 Å². The van der Waals surface area contributed by atoms with E-state index in [1.54, 1.807) is 4.90 Å². The van der Waals surface area contributed by atoms with Crippen LogP contribution in [0.2, 0.25) is 0 Å². The second-order valence-corrected chi connectivity index (χ2v) is 6.07. The minimum absolute atomic E-state index is 0.0666. The third-order valence-corrected chi connectivity index (χ3v) is 4.43. The summed E-state index contributed by atoms with van der Waals surface area (Å²) in [6.45, 7) is 3.01. The van der Waals surface area contributed by atoms with Crippen LogP contribution in [0.15, 0.2) is 24.3 Å². The summed E-state index contributed by atoms with van der Waals surface area (Å²) in [4.78, 5) is 28.2. The Morgan fingerprint density at radius 3 is 2.32 bits per heavy atom. The Kier molecular flexibility index (Phi) is 6.54. The van der Waals surface area contributed by atoms with E-state index in [0.29, 0.717) is 19.6 Å². The van der Waals surface area contributed by atoms with Crippen molar-refractivity contribution in [3.05, 3.63) is 29.8 Å². The molecule has 2 amide bonds. The molecular weight excluding hydrogens is 316 g/mol. The number of amides is 2. The summed E-state index contributed by atoms with van der Waals surface area (Å²) in [5.74, 6) is -0.634. The number of hydrogen-bond donors (Lipinski definition) is 0. The van der Waals surface area contributed by atoms with Crippen molar-refractivity contribution in [1.29, 1.82) is 10.5 Å². The molecule has 1 aromatic rings. The van der Waals surface area contributed by atoms with Gasteiger partial charge in [-0.25, -0.2) is 0 Å². The summed E-state index contributed by atoms with van der Waals surface area (Å²) in [5, 5.41) is 17.5. The fourth-order valence-electron chi connectivity index (χ4n) is 2.99. The first-order chi connectivity index (χ1) is 12.1. The van der Waals surface area contributed by atoms with Crippen molar-refractivity contribution < 1.29 is 9.59 Å². The standard InChI is InChI=1S/C19H22N4O2/c1-2-15-5-7-17(8-6-15)23-14-16(13-18(23)24)19(25)22(11-3-9-20)12-4-10-21/h5-8,16H,2-4,11-14H2,1H3. The molecule has 0 bridgehead atoms. The number of benzene rings is 1. The molecule has 130 valence electrons. The van der Waals surface area contributed by atoms with Gasteiger partial charge in [0.1, 0.15) is 0 Å². The van der Waals surface area contributed by atoms with Gasteiger partial charge in [-0.2, -0.15) is 10.5 Å². The molecule has 25 heavy (non-hydrogen) atoms. The maximum absolute atomic E-state index is 12.7. The average molecular weight is 338 g/mol. The normalized spacial score (nSPS) is 16.4. The number of rotatable bonds is 7. The molecule has 6 nitrogen and oxygen atoms in total. The molecule has 0 radical (unpaired) electrons. The molecule has 6 heteroatoms. The lowest BCUT2D eigenvalue weighted by Gasteiger charge is -2.24. The van der Waals surface area contributed by atoms with E-state index >= 15 is 0 Å². The largest absolute Gasteiger partial charge is 0.340 e. The molecule has 1 aliphatic rings. The summed E-state index contributed by atoms with van der Waals surface area (Å²) in [7, 11) is 0. The second kappa shape index (κ2) is 8.84. The summed E-state index contributed by atoms with van der Waals surface area (Å²) >= 11 is 0. The van der Waals surface area contributed by atoms with Crippen molar-refractivity contribution in [3.63, 3.8) is 0 Å². The predicted molar refractivity (Wildman–Crippen MR) is 93.3 cm³/mol. The minimum Gasteiger partial charge on any atom is -0.340 e. The lowest BCUT2D eigenvalue weighted by Crippen LogP contribution is -2.38. The first-order valence-electron chi connectivity index (χ1n) is 8.52. The van der Waals surface area contributed by atoms with Crippen LogP contribution < -0.4 is 4.90 Å². The van der Waals surface area contributed by atoms with Gasteiger partial charge in [0, 0.05) is 31.7 Å². The maximum Gasteiger partial charge on any atom is 0.228 e. The van der Waals surface area contributed by atoms with E-state index in [4.69, 9.17) is 10.5 Å². The molecule has 1 aliphatic heterocycles. The molecule has 0 saturated carbocycles. The third-order valence-electron chi connectivity index (χ3n) is 4.43. The lowest BCUT2D eigenvalue weighted by atomic mass is 10.1. The average Bonchev–Trinajstić information content (AvgIpc) is 3.03. The number of aryl methyl sites for hydroxylation is 1. The highest BCUT2D eigenvalue weighted by Gasteiger charge is 2.37. The van der Waals surface area contributed by atoms with Gasteiger partial charge < -0.3 is 9.80 Å². The van der Waals surface area contributed by atoms with Crippen LogP contribution in [0, 0.1) is 28.6 Å². The number of nitrogens with zero attached hydrogens (tertiary/aromatic N) is 4. The van der Waals surface area contributed by atoms with Crippen LogP contribution in [0.1, 0.15) is 31.7 Å². The Morgan fingerprint density at radius 2 is 1.80 bits per heavy atom. The number of anilines is 1. The summed E-state index contributed by atoms with van der Waals surface area (Å²) < 4.78 is 0. The zero-order valence-electron chi connectivity index (χ0n) is 14.4. The molecule has 1 aromatic carbocycles. The minimum atomic E-state index is -0.421. The highest BCUT2D eigenvalue weighted by molar-refractivity contribution is 6.00. The van der Waals surface area contributed by atoms with Crippen LogP contribution in [-0.2, 0) is 16.0 Å². The van der Waals surface area contributed by atoms with E-state index < -0.39 is 5.92 Å². The molecule has 1 saturated heterocycles. The Morgan fingerprint density at radius 1 is 1.20 bits per heavy atom. The van der Waals surface area contributed by atoms with Gasteiger partial charge >= 0.3 is 0 Å². The first kappa shape index (κ1) is 18.5. The van der Waals surface area contributed by atoms with Crippen LogP contribution in [0.4, 0.5) is 5.69 Å². The number of carbonyl (C=O) groups excluding carboxylic acids is 2. The van der Waals surface area contributed by atoms with Gasteiger partial charge in [-0.05, 0) is 24.1 Å². The Balaban J connectivity index is 2.07. The summed E-state index contributed by atoms with van der Waals surface area (Å²) in [5.41, 5.74) is 2.00. The van der Waals surface area contributed by atoms with Crippen molar-refractivity contribution >= 4 is 17.5 Å². The van der Waals surface area contributed by atoms with Crippen LogP contribution in [0.25, 0.3) is 0 Å². The van der Waals surface area contributed by atoms with E-state index in [9.17, 15) is 9.59 Å². The fourth-order valence-corrected chi connectivity index (χ4v) is 2.99. The molecule has 1 atom stereocenters. The van der Waals surface area contributed by atoms with Gasteiger partial charge in [-0.3, -0.25) is 9.59 Å². The highest BCUT2D eigenvalue weighted by atomic mass is 16.2. The van der Waals surface area contributed by atoms with Crippen molar-refractivity contribution in [1.82, 2.24) is 4.90 Å². The molecule has 0 spiro atoms. The molecule has 2 rings (SSSR count). The fraction of sp³-hybridized carbons (Fsp3) is 0.474. The van der Waals surface area contributed by atoms with Gasteiger partial charge in [0.25, 0.3) is 0 Å². The summed E-state index contributed by atoms with van der Waals surface area (Å²) in [6.07, 6.45) is 1.55. The van der Waals surface area contributed by atoms with E-state index in [-0.39, 0.29) is 31.1 Å². The smallest absolute Gasteiger partial charge is 0.228 e. The first-order valence-corrected chi connectivity index (χ1v) is 8.52. The van der Waals surface area contributed by atoms with Crippen molar-refractivity contribution in [2.24, 2.45) is 5.92 Å². The predicted octanol–water partition coefficient (Wildman–Crippen LogP) is 2.26. The zero-order chi connectivity index (χ0) is 18.2. The van der Waals surface area contributed by atoms with Gasteiger partial charge in [0.15, 0.2) is 0 Å². The second-order valence-electron chi connectivity index (χ2n) is 6.07. The SMILES string of the molecule is CCc1ccc(N2CC(C(=O)N(CCC#N)CCC#N)CC2=O)cc1. The summed E-state index contributed by atoms with van der Waals surface area (Å²) in [6, 6.07) is 11.8. The van der Waals surface area contributed by atoms with E-state index in [1.165, 1.54) is 10.5 Å². The quantitative estimate of drug-likeness (QED) is 0.763. The van der Waals surface area contributed by atoms with Gasteiger partial charge in [-0.15, -0.1) is 0 Å². The van der Waals surface area contributed by atoms with Gasteiger partial charge in [0.05, 0.1) is 30.9 Å². The third kappa shape index (κ3) is 4.58. The molecule has 0 aromatic heterocycles. The lowest BCUT2D eigenvalue weighted by molar-refractivity contribution is -0.135. The Hall–Kier alpha value is -2.86. The Bertz CT molecular complexity index is 682. The van der Waals surface area contributed by atoms with E-state index in [0.717, 1.165) is 12.1 Å². The van der Waals surface area contributed by atoms with Crippen molar-refractivity contribution in [3.8, 4) is 12.1 Å². The molecule has 0 N–H and O–H groups in total. The monoisotopic (exact) mass is 338 g/mol. The van der Waals surface area contributed by atoms with Gasteiger partial charge in [-0.1, -0.05) is 19.1 Å². The molecular formula is C19H22N4O2. The van der Waals surface area contributed by atoms with Crippen LogP contribution >= 0.6 is 0 Å². The highest BCUT2D eigenvalue weighted by Crippen LogP contribution is 2.27. The Labute approximate surface area is 148 Å².